The van der Waals surface area contributed by atoms with Crippen molar-refractivity contribution in [1.82, 2.24) is 24.1 Å². The maximum atomic E-state index is 5.05. The molecule has 11 aromatic carbocycles. The highest BCUT2D eigenvalue weighted by molar-refractivity contribution is 7.99. The molecule has 0 spiro atoms. The molecule has 3 aromatic heterocycles. The summed E-state index contributed by atoms with van der Waals surface area (Å²) in [6, 6.07) is 95.5. The van der Waals surface area contributed by atoms with E-state index in [1.807, 2.05) is 72.4 Å². The number of aromatic nitrogens is 5. The van der Waals surface area contributed by atoms with E-state index in [9.17, 15) is 0 Å². The second-order valence-electron chi connectivity index (χ2n) is 19.2. The van der Waals surface area contributed by atoms with E-state index < -0.39 is 0 Å². The van der Waals surface area contributed by atoms with Crippen LogP contribution < -0.4 is 4.90 Å². The van der Waals surface area contributed by atoms with E-state index in [0.717, 1.165) is 56.3 Å². The minimum absolute atomic E-state index is 0.622. The lowest BCUT2D eigenvalue weighted by Gasteiger charge is -2.33. The van der Waals surface area contributed by atoms with Crippen LogP contribution in [0.5, 0.6) is 0 Å². The molecule has 0 fully saturated rings. The third kappa shape index (κ3) is 7.39. The van der Waals surface area contributed by atoms with Crippen LogP contribution in [0.15, 0.2) is 277 Å². The first-order valence-electron chi connectivity index (χ1n) is 25.6. The van der Waals surface area contributed by atoms with Gasteiger partial charge in [-0.1, -0.05) is 169 Å². The molecule has 0 unspecified atom stereocenters. The van der Waals surface area contributed by atoms with Crippen molar-refractivity contribution in [1.29, 1.82) is 0 Å². The van der Waals surface area contributed by atoms with Gasteiger partial charge in [0.2, 0.25) is 0 Å². The summed E-state index contributed by atoms with van der Waals surface area (Å²) in [5.41, 5.74) is 17.8. The minimum Gasteiger partial charge on any atom is -0.309 e. The molecule has 0 bridgehead atoms. The Morgan fingerprint density at radius 2 is 0.592 bits per heavy atom. The summed E-state index contributed by atoms with van der Waals surface area (Å²) in [5.74, 6) is 1.90. The zero-order valence-electron chi connectivity index (χ0n) is 41.0. The second-order valence-corrected chi connectivity index (χ2v) is 20.3. The van der Waals surface area contributed by atoms with E-state index in [1.54, 1.807) is 0 Å². The number of fused-ring (bicyclic) bond motifs is 8. The Balaban J connectivity index is 0.857. The fourth-order valence-corrected chi connectivity index (χ4v) is 12.3. The lowest BCUT2D eigenvalue weighted by atomic mass is 10.0. The van der Waals surface area contributed by atoms with Gasteiger partial charge in [0.15, 0.2) is 17.5 Å². The molecule has 4 heterocycles. The number of benzene rings is 11. The van der Waals surface area contributed by atoms with E-state index in [2.05, 4.69) is 220 Å². The van der Waals surface area contributed by atoms with Gasteiger partial charge in [0.25, 0.3) is 0 Å². The highest BCUT2D eigenvalue weighted by Crippen LogP contribution is 2.54. The predicted octanol–water partition coefficient (Wildman–Crippen LogP) is 18.3. The van der Waals surface area contributed by atoms with Crippen LogP contribution in [-0.4, -0.2) is 24.1 Å². The molecule has 0 atom stereocenters. The van der Waals surface area contributed by atoms with Gasteiger partial charge in [-0.25, -0.2) is 15.0 Å². The molecular weight excluding hydrogens is 945 g/mol. The molecule has 0 saturated carbocycles. The number of hydrogen-bond donors (Lipinski definition) is 0. The van der Waals surface area contributed by atoms with E-state index in [1.165, 1.54) is 64.5 Å². The zero-order chi connectivity index (χ0) is 50.1. The summed E-state index contributed by atoms with van der Waals surface area (Å²) in [6.45, 7) is 0. The van der Waals surface area contributed by atoms with Crippen molar-refractivity contribution in [2.45, 2.75) is 9.79 Å². The number of nitrogens with zero attached hydrogens (tertiary/aromatic N) is 6. The first-order chi connectivity index (χ1) is 37.7. The first-order valence-corrected chi connectivity index (χ1v) is 26.4. The van der Waals surface area contributed by atoms with Crippen molar-refractivity contribution < 1.29 is 0 Å². The van der Waals surface area contributed by atoms with Crippen molar-refractivity contribution in [3.8, 4) is 67.8 Å². The van der Waals surface area contributed by atoms with Crippen LogP contribution in [0.2, 0.25) is 0 Å². The Hall–Kier alpha value is -9.82. The fourth-order valence-electron chi connectivity index (χ4n) is 11.2. The SMILES string of the molecule is c1ccc(-c2nc(-c3ccccc3)nc(-c3ccc(N4c5ccc(-c6ccc7c(c6)c6ccccc6n7-c6ccccc6)cc5Sc5cc(-c6ccc7c(c6)c6ccccc6n7-c6ccccc6)ccc54)cc3)n2)cc1. The standard InChI is InChI=1S/C69H44N6S/c1-5-17-45(18-6-1)67-70-68(46-19-7-2-8-20-46)72-69(71-67)47-29-35-54(36-30-47)75-63-39-33-50(48-31-37-61-57(41-48)55-25-13-15-27-59(55)73(61)52-21-9-3-10-22-52)43-65(63)76-66-44-51(34-40-64(66)75)49-32-38-62-58(42-49)56-26-14-16-28-60(56)74(62)53-23-11-4-12-24-53/h1-44H. The smallest absolute Gasteiger partial charge is 0.164 e. The highest BCUT2D eigenvalue weighted by Gasteiger charge is 2.27. The number of hydrogen-bond acceptors (Lipinski definition) is 5. The Morgan fingerprint density at radius 3 is 1.04 bits per heavy atom. The van der Waals surface area contributed by atoms with E-state index in [-0.39, 0.29) is 0 Å². The van der Waals surface area contributed by atoms with Gasteiger partial charge < -0.3 is 14.0 Å². The maximum Gasteiger partial charge on any atom is 0.164 e. The van der Waals surface area contributed by atoms with Gasteiger partial charge in [-0.2, -0.15) is 0 Å². The molecular formula is C69H44N6S. The Labute approximate surface area is 443 Å². The first kappa shape index (κ1) is 43.7. The monoisotopic (exact) mass is 988 g/mol. The average Bonchev–Trinajstić information content (AvgIpc) is 4.03. The van der Waals surface area contributed by atoms with Gasteiger partial charge in [0, 0.05) is 65.1 Å². The van der Waals surface area contributed by atoms with Gasteiger partial charge in [-0.3, -0.25) is 0 Å². The highest BCUT2D eigenvalue weighted by atomic mass is 32.2. The van der Waals surface area contributed by atoms with Crippen LogP contribution in [0.3, 0.4) is 0 Å². The van der Waals surface area contributed by atoms with E-state index in [4.69, 9.17) is 15.0 Å². The van der Waals surface area contributed by atoms with Crippen LogP contribution in [0.25, 0.3) is 111 Å². The summed E-state index contributed by atoms with van der Waals surface area (Å²) in [4.78, 5) is 19.8. The van der Waals surface area contributed by atoms with Gasteiger partial charge >= 0.3 is 0 Å². The largest absolute Gasteiger partial charge is 0.309 e. The van der Waals surface area contributed by atoms with Crippen molar-refractivity contribution >= 4 is 72.4 Å². The number of anilines is 3. The predicted molar refractivity (Wildman–Crippen MR) is 314 cm³/mol. The van der Waals surface area contributed by atoms with Crippen molar-refractivity contribution in [2.75, 3.05) is 4.90 Å². The van der Waals surface area contributed by atoms with Crippen LogP contribution in [-0.2, 0) is 0 Å². The molecule has 0 saturated heterocycles. The lowest BCUT2D eigenvalue weighted by molar-refractivity contribution is 1.07. The average molecular weight is 989 g/mol. The molecule has 0 aliphatic carbocycles. The van der Waals surface area contributed by atoms with Crippen LogP contribution in [0.4, 0.5) is 17.1 Å². The number of para-hydroxylation sites is 4. The molecule has 0 N–H and O–H groups in total. The summed E-state index contributed by atoms with van der Waals surface area (Å²) < 4.78 is 4.75. The van der Waals surface area contributed by atoms with Crippen LogP contribution in [0.1, 0.15) is 0 Å². The van der Waals surface area contributed by atoms with Crippen molar-refractivity contribution in [2.24, 2.45) is 0 Å². The van der Waals surface area contributed by atoms with Crippen molar-refractivity contribution in [3.63, 3.8) is 0 Å². The lowest BCUT2D eigenvalue weighted by Crippen LogP contribution is -2.15. The molecule has 15 rings (SSSR count). The Bertz CT molecular complexity index is 4270. The zero-order valence-corrected chi connectivity index (χ0v) is 41.8. The third-order valence-electron chi connectivity index (χ3n) is 14.7. The topological polar surface area (TPSA) is 51.8 Å². The molecule has 7 heteroatoms. The summed E-state index contributed by atoms with van der Waals surface area (Å²) in [7, 11) is 0. The summed E-state index contributed by atoms with van der Waals surface area (Å²) in [5, 5.41) is 4.93. The Morgan fingerprint density at radius 1 is 0.250 bits per heavy atom. The fraction of sp³-hybridized carbons (Fsp3) is 0. The molecule has 1 aliphatic heterocycles. The number of rotatable bonds is 8. The normalized spacial score (nSPS) is 12.1. The van der Waals surface area contributed by atoms with Crippen LogP contribution in [0, 0.1) is 0 Å². The molecule has 0 amide bonds. The maximum absolute atomic E-state index is 5.05. The van der Waals surface area contributed by atoms with Gasteiger partial charge in [-0.05, 0) is 131 Å². The quantitative estimate of drug-likeness (QED) is 0.152. The Kier molecular flexibility index (Phi) is 10.3. The molecule has 76 heavy (non-hydrogen) atoms. The summed E-state index contributed by atoms with van der Waals surface area (Å²) in [6.07, 6.45) is 0. The van der Waals surface area contributed by atoms with Crippen LogP contribution >= 0.6 is 11.8 Å². The second kappa shape index (κ2) is 18.0. The van der Waals surface area contributed by atoms with Crippen molar-refractivity contribution in [3.05, 3.63) is 267 Å². The van der Waals surface area contributed by atoms with Gasteiger partial charge in [0.1, 0.15) is 0 Å². The molecule has 6 nitrogen and oxygen atoms in total. The molecule has 356 valence electrons. The third-order valence-corrected chi connectivity index (χ3v) is 15.8. The summed E-state index contributed by atoms with van der Waals surface area (Å²) >= 11 is 1.84. The van der Waals surface area contributed by atoms with Gasteiger partial charge in [-0.15, -0.1) is 0 Å². The van der Waals surface area contributed by atoms with E-state index in [0.29, 0.717) is 17.5 Å². The molecule has 1 aliphatic rings. The van der Waals surface area contributed by atoms with Gasteiger partial charge in [0.05, 0.1) is 33.4 Å². The van der Waals surface area contributed by atoms with E-state index >= 15 is 0 Å². The minimum atomic E-state index is 0.622. The molecule has 14 aromatic rings. The molecule has 0 radical (unpaired) electrons.